The molecule has 2 aliphatic rings. The van der Waals surface area contributed by atoms with Crippen molar-refractivity contribution >= 4 is 11.9 Å². The largest absolute Gasteiger partial charge is 0.462 e. The molecule has 0 aromatic carbocycles. The van der Waals surface area contributed by atoms with Crippen LogP contribution < -0.4 is 0 Å². The average Bonchev–Trinajstić information content (AvgIpc) is 2.70. The van der Waals surface area contributed by atoms with E-state index < -0.39 is 0 Å². The maximum atomic E-state index is 10.9. The molecule has 0 aromatic rings. The first-order valence-corrected chi connectivity index (χ1v) is 5.92. The highest BCUT2D eigenvalue weighted by Crippen LogP contribution is 2.46. The summed E-state index contributed by atoms with van der Waals surface area (Å²) in [6.07, 6.45) is 3.91. The minimum absolute atomic E-state index is 0.0445. The molecule has 0 aliphatic heterocycles. The number of esters is 2. The number of ether oxygens (including phenoxy) is 2. The number of hydrogen-bond donors (Lipinski definition) is 0. The zero-order valence-electron chi connectivity index (χ0n) is 9.77. The predicted molar refractivity (Wildman–Crippen MR) is 56.6 cm³/mol. The van der Waals surface area contributed by atoms with E-state index >= 15 is 0 Å². The van der Waals surface area contributed by atoms with Crippen LogP contribution in [0.2, 0.25) is 0 Å². The summed E-state index contributed by atoms with van der Waals surface area (Å²) in [4.78, 5) is 21.9. The second-order valence-electron chi connectivity index (χ2n) is 4.78. The van der Waals surface area contributed by atoms with E-state index in [2.05, 4.69) is 0 Å². The van der Waals surface area contributed by atoms with Crippen LogP contribution in [-0.2, 0) is 19.1 Å². The molecular formula is C12H18O4. The number of rotatable bonds is 2. The molecule has 4 heteroatoms. The van der Waals surface area contributed by atoms with Gasteiger partial charge in [0.2, 0.25) is 0 Å². The first-order valence-electron chi connectivity index (χ1n) is 5.92. The van der Waals surface area contributed by atoms with Crippen molar-refractivity contribution in [2.45, 2.75) is 51.7 Å². The van der Waals surface area contributed by atoms with Crippen molar-refractivity contribution in [3.8, 4) is 0 Å². The van der Waals surface area contributed by atoms with Gasteiger partial charge in [0, 0.05) is 25.7 Å². The van der Waals surface area contributed by atoms with Gasteiger partial charge in [-0.15, -0.1) is 0 Å². The lowest BCUT2D eigenvalue weighted by Crippen LogP contribution is -2.25. The summed E-state index contributed by atoms with van der Waals surface area (Å²) in [5.41, 5.74) is 0. The molecule has 2 aliphatic carbocycles. The van der Waals surface area contributed by atoms with Crippen LogP contribution in [0.5, 0.6) is 0 Å². The predicted octanol–water partition coefficient (Wildman–Crippen LogP) is 1.67. The highest BCUT2D eigenvalue weighted by atomic mass is 16.6. The van der Waals surface area contributed by atoms with Gasteiger partial charge < -0.3 is 9.47 Å². The van der Waals surface area contributed by atoms with Gasteiger partial charge in [-0.05, 0) is 25.7 Å². The summed E-state index contributed by atoms with van der Waals surface area (Å²) in [6.45, 7) is 2.90. The molecule has 2 fully saturated rings. The molecular weight excluding hydrogens is 208 g/mol. The summed E-state index contributed by atoms with van der Waals surface area (Å²) in [7, 11) is 0. The molecule has 2 saturated carbocycles. The van der Waals surface area contributed by atoms with E-state index in [0.29, 0.717) is 11.8 Å². The topological polar surface area (TPSA) is 52.6 Å². The summed E-state index contributed by atoms with van der Waals surface area (Å²) in [6, 6.07) is 0. The van der Waals surface area contributed by atoms with Crippen molar-refractivity contribution in [2.75, 3.05) is 0 Å². The molecule has 0 N–H and O–H groups in total. The Bertz CT molecular complexity index is 269. The van der Waals surface area contributed by atoms with Crippen LogP contribution in [0.25, 0.3) is 0 Å². The zero-order valence-corrected chi connectivity index (χ0v) is 9.77. The van der Waals surface area contributed by atoms with Crippen molar-refractivity contribution in [1.29, 1.82) is 0 Å². The Hall–Kier alpha value is -1.06. The Labute approximate surface area is 95.3 Å². The molecule has 4 atom stereocenters. The van der Waals surface area contributed by atoms with Crippen molar-refractivity contribution in [2.24, 2.45) is 11.8 Å². The van der Waals surface area contributed by atoms with Crippen LogP contribution in [0, 0.1) is 11.8 Å². The van der Waals surface area contributed by atoms with Crippen LogP contribution in [0.3, 0.4) is 0 Å². The molecule has 0 spiro atoms. The number of carbonyl (C=O) groups is 2. The van der Waals surface area contributed by atoms with E-state index in [1.165, 1.54) is 13.8 Å². The van der Waals surface area contributed by atoms with Gasteiger partial charge in [0.25, 0.3) is 0 Å². The molecule has 0 aromatic heterocycles. The molecule has 0 unspecified atom stereocenters. The summed E-state index contributed by atoms with van der Waals surface area (Å²) < 4.78 is 10.6. The first kappa shape index (κ1) is 11.4. The highest BCUT2D eigenvalue weighted by molar-refractivity contribution is 5.66. The van der Waals surface area contributed by atoms with Gasteiger partial charge in [0.05, 0.1) is 0 Å². The van der Waals surface area contributed by atoms with Crippen molar-refractivity contribution in [3.63, 3.8) is 0 Å². The van der Waals surface area contributed by atoms with Gasteiger partial charge >= 0.3 is 11.9 Å². The Kier molecular flexibility index (Phi) is 3.17. The van der Waals surface area contributed by atoms with Crippen LogP contribution in [-0.4, -0.2) is 24.1 Å². The third-order valence-electron chi connectivity index (χ3n) is 3.71. The maximum Gasteiger partial charge on any atom is 0.302 e. The molecule has 90 valence electrons. The smallest absolute Gasteiger partial charge is 0.302 e. The SMILES string of the molecule is CC(=O)O[C@H]1CC[C@H]2[C@@H]1CC[C@@H]2OC(C)=O. The van der Waals surface area contributed by atoms with Gasteiger partial charge in [-0.3, -0.25) is 9.59 Å². The van der Waals surface area contributed by atoms with Gasteiger partial charge in [-0.2, -0.15) is 0 Å². The Morgan fingerprint density at radius 2 is 1.19 bits per heavy atom. The van der Waals surface area contributed by atoms with Crippen molar-refractivity contribution in [1.82, 2.24) is 0 Å². The van der Waals surface area contributed by atoms with Crippen molar-refractivity contribution < 1.29 is 19.1 Å². The molecule has 0 amide bonds. The third-order valence-corrected chi connectivity index (χ3v) is 3.71. The van der Waals surface area contributed by atoms with Crippen LogP contribution in [0.4, 0.5) is 0 Å². The molecule has 0 heterocycles. The van der Waals surface area contributed by atoms with Crippen LogP contribution >= 0.6 is 0 Å². The molecule has 16 heavy (non-hydrogen) atoms. The van der Waals surface area contributed by atoms with Gasteiger partial charge in [-0.25, -0.2) is 0 Å². The summed E-state index contributed by atoms with van der Waals surface area (Å²) >= 11 is 0. The van der Waals surface area contributed by atoms with Gasteiger partial charge in [-0.1, -0.05) is 0 Å². The number of carbonyl (C=O) groups excluding carboxylic acids is 2. The summed E-state index contributed by atoms with van der Waals surface area (Å²) in [5.74, 6) is 0.379. The Morgan fingerprint density at radius 1 is 0.812 bits per heavy atom. The Morgan fingerprint density at radius 3 is 1.50 bits per heavy atom. The second kappa shape index (κ2) is 4.44. The fourth-order valence-electron chi connectivity index (χ4n) is 3.21. The maximum absolute atomic E-state index is 10.9. The van der Waals surface area contributed by atoms with E-state index in [1.807, 2.05) is 0 Å². The third kappa shape index (κ3) is 2.20. The Balaban J connectivity index is 1.95. The molecule has 4 nitrogen and oxygen atoms in total. The highest BCUT2D eigenvalue weighted by Gasteiger charge is 2.47. The van der Waals surface area contributed by atoms with E-state index in [4.69, 9.17) is 9.47 Å². The normalized spacial score (nSPS) is 36.9. The summed E-state index contributed by atoms with van der Waals surface area (Å²) in [5, 5.41) is 0. The van der Waals surface area contributed by atoms with E-state index in [0.717, 1.165) is 25.7 Å². The fraction of sp³-hybridized carbons (Fsp3) is 0.833. The van der Waals surface area contributed by atoms with Gasteiger partial charge in [0.15, 0.2) is 0 Å². The quantitative estimate of drug-likeness (QED) is 0.672. The minimum Gasteiger partial charge on any atom is -0.462 e. The minimum atomic E-state index is -0.207. The lowest BCUT2D eigenvalue weighted by Gasteiger charge is -2.20. The lowest BCUT2D eigenvalue weighted by molar-refractivity contribution is -0.150. The second-order valence-corrected chi connectivity index (χ2v) is 4.78. The fourth-order valence-corrected chi connectivity index (χ4v) is 3.21. The lowest BCUT2D eigenvalue weighted by atomic mass is 9.98. The molecule has 0 saturated heterocycles. The first-order chi connectivity index (χ1) is 7.58. The zero-order chi connectivity index (χ0) is 11.7. The monoisotopic (exact) mass is 226 g/mol. The standard InChI is InChI=1S/C12H18O4/c1-7(13)15-11-5-3-10-9(11)4-6-12(10)16-8(2)14/h9-12H,3-6H2,1-2H3/t9-,10-,11-,12-/m0/s1. The average molecular weight is 226 g/mol. The number of fused-ring (bicyclic) bond motifs is 1. The van der Waals surface area contributed by atoms with Gasteiger partial charge in [0.1, 0.15) is 12.2 Å². The molecule has 0 radical (unpaired) electrons. The van der Waals surface area contributed by atoms with E-state index in [1.54, 1.807) is 0 Å². The molecule has 2 rings (SSSR count). The molecule has 0 bridgehead atoms. The van der Waals surface area contributed by atoms with Crippen LogP contribution in [0.1, 0.15) is 39.5 Å². The van der Waals surface area contributed by atoms with Crippen LogP contribution in [0.15, 0.2) is 0 Å². The van der Waals surface area contributed by atoms with E-state index in [-0.39, 0.29) is 24.1 Å². The van der Waals surface area contributed by atoms with Crippen molar-refractivity contribution in [3.05, 3.63) is 0 Å². The number of hydrogen-bond acceptors (Lipinski definition) is 4. The van der Waals surface area contributed by atoms with E-state index in [9.17, 15) is 9.59 Å².